The lowest BCUT2D eigenvalue weighted by molar-refractivity contribution is 0.233. The molecule has 28 heavy (non-hydrogen) atoms. The molecule has 0 saturated heterocycles. The van der Waals surface area contributed by atoms with Gasteiger partial charge in [0.1, 0.15) is 11.9 Å². The van der Waals surface area contributed by atoms with Crippen LogP contribution in [0.5, 0.6) is 5.75 Å². The summed E-state index contributed by atoms with van der Waals surface area (Å²) in [5.41, 5.74) is 12.0. The van der Waals surface area contributed by atoms with Gasteiger partial charge in [-0.15, -0.1) is 0 Å². The Morgan fingerprint density at radius 3 is 2.39 bits per heavy atom. The van der Waals surface area contributed by atoms with E-state index in [0.717, 1.165) is 22.4 Å². The van der Waals surface area contributed by atoms with Crippen molar-refractivity contribution in [3.8, 4) is 28.0 Å². The standard InChI is InChI=1S/C24H20BNO2/c26-25(27)16-13-14-19-17-7-1-2-8-18(17)20-9-3-5-11-23(20)28-24-12-6-4-10-21(24)22(19)15-16/h1-15,20,23,27H,26H2. The lowest BCUT2D eigenvalue weighted by atomic mass is 9.73. The van der Waals surface area contributed by atoms with E-state index >= 15 is 0 Å². The van der Waals surface area contributed by atoms with E-state index in [1.54, 1.807) is 0 Å². The lowest BCUT2D eigenvalue weighted by Gasteiger charge is -2.26. The number of benzene rings is 3. The first-order valence-electron chi connectivity index (χ1n) is 9.50. The van der Waals surface area contributed by atoms with Crippen LogP contribution in [0, 0.1) is 0 Å². The van der Waals surface area contributed by atoms with E-state index in [1.165, 1.54) is 11.1 Å². The fourth-order valence-electron chi connectivity index (χ4n) is 4.15. The smallest absolute Gasteiger partial charge is 0.410 e. The Morgan fingerprint density at radius 2 is 1.54 bits per heavy atom. The van der Waals surface area contributed by atoms with Crippen molar-refractivity contribution in [3.63, 3.8) is 0 Å². The Morgan fingerprint density at radius 1 is 0.786 bits per heavy atom. The number of rotatable bonds is 1. The highest BCUT2D eigenvalue weighted by Crippen LogP contribution is 2.44. The van der Waals surface area contributed by atoms with E-state index in [9.17, 15) is 5.02 Å². The SMILES string of the molecule is NB(O)c1ccc2c(c1)-c1ccccc1OC1C=CC=CC1c1ccccc1-2. The highest BCUT2D eigenvalue weighted by molar-refractivity contribution is 6.63. The monoisotopic (exact) mass is 365 g/mol. The topological polar surface area (TPSA) is 55.5 Å². The summed E-state index contributed by atoms with van der Waals surface area (Å²) in [6.45, 7) is 0. The minimum absolute atomic E-state index is 0.0822. The molecule has 0 spiro atoms. The second kappa shape index (κ2) is 6.82. The molecule has 2 atom stereocenters. The molecule has 0 bridgehead atoms. The van der Waals surface area contributed by atoms with E-state index < -0.39 is 7.05 Å². The summed E-state index contributed by atoms with van der Waals surface area (Å²) in [4.78, 5) is 0. The van der Waals surface area contributed by atoms with Crippen LogP contribution in [0.4, 0.5) is 0 Å². The van der Waals surface area contributed by atoms with E-state index in [2.05, 4.69) is 54.6 Å². The van der Waals surface area contributed by atoms with Gasteiger partial charge in [-0.05, 0) is 39.9 Å². The second-order valence-electron chi connectivity index (χ2n) is 7.21. The molecule has 3 nitrogen and oxygen atoms in total. The van der Waals surface area contributed by atoms with Gasteiger partial charge < -0.3 is 15.4 Å². The number of hydrogen-bond acceptors (Lipinski definition) is 3. The van der Waals surface area contributed by atoms with Gasteiger partial charge in [0, 0.05) is 11.5 Å². The van der Waals surface area contributed by atoms with Gasteiger partial charge in [0.25, 0.3) is 0 Å². The molecule has 1 heterocycles. The molecule has 0 fully saturated rings. The molecule has 3 N–H and O–H groups in total. The van der Waals surface area contributed by atoms with Crippen LogP contribution in [0.3, 0.4) is 0 Å². The zero-order valence-corrected chi connectivity index (χ0v) is 15.3. The van der Waals surface area contributed by atoms with Crippen molar-refractivity contribution in [1.82, 2.24) is 0 Å². The molecule has 3 aromatic rings. The molecule has 4 heteroatoms. The highest BCUT2D eigenvalue weighted by atomic mass is 16.5. The van der Waals surface area contributed by atoms with Crippen LogP contribution in [0.1, 0.15) is 11.5 Å². The van der Waals surface area contributed by atoms with E-state index in [4.69, 9.17) is 10.4 Å². The van der Waals surface area contributed by atoms with Crippen LogP contribution >= 0.6 is 0 Å². The number of hydrogen-bond donors (Lipinski definition) is 2. The zero-order valence-electron chi connectivity index (χ0n) is 15.3. The summed E-state index contributed by atoms with van der Waals surface area (Å²) < 4.78 is 6.50. The quantitative estimate of drug-likeness (QED) is 0.648. The van der Waals surface area contributed by atoms with Gasteiger partial charge >= 0.3 is 7.05 Å². The summed E-state index contributed by atoms with van der Waals surface area (Å²) >= 11 is 0. The van der Waals surface area contributed by atoms with Gasteiger partial charge in [-0.2, -0.15) is 0 Å². The third kappa shape index (κ3) is 2.78. The van der Waals surface area contributed by atoms with Crippen LogP contribution in [0.2, 0.25) is 0 Å². The maximum absolute atomic E-state index is 9.95. The van der Waals surface area contributed by atoms with Gasteiger partial charge in [-0.1, -0.05) is 78.9 Å². The Balaban J connectivity index is 1.85. The highest BCUT2D eigenvalue weighted by Gasteiger charge is 2.28. The molecule has 1 aliphatic carbocycles. The first-order valence-corrected chi connectivity index (χ1v) is 9.50. The third-order valence-corrected chi connectivity index (χ3v) is 5.52. The van der Waals surface area contributed by atoms with Crippen molar-refractivity contribution in [2.45, 2.75) is 12.0 Å². The van der Waals surface area contributed by atoms with E-state index in [-0.39, 0.29) is 12.0 Å². The average Bonchev–Trinajstić information content (AvgIpc) is 2.78. The van der Waals surface area contributed by atoms with Crippen molar-refractivity contribution < 1.29 is 9.76 Å². The first kappa shape index (κ1) is 17.1. The molecule has 0 aromatic heterocycles. The molecule has 0 saturated carbocycles. The van der Waals surface area contributed by atoms with E-state index in [1.807, 2.05) is 36.4 Å². The second-order valence-corrected chi connectivity index (χ2v) is 7.21. The van der Waals surface area contributed by atoms with Gasteiger partial charge in [0.2, 0.25) is 0 Å². The summed E-state index contributed by atoms with van der Waals surface area (Å²) in [6.07, 6.45) is 8.36. The summed E-state index contributed by atoms with van der Waals surface area (Å²) in [5, 5.41) is 9.95. The van der Waals surface area contributed by atoms with Crippen molar-refractivity contribution >= 4 is 12.5 Å². The summed E-state index contributed by atoms with van der Waals surface area (Å²) in [6, 6.07) is 22.5. The van der Waals surface area contributed by atoms with Gasteiger partial charge in [0.05, 0.1) is 0 Å². The zero-order chi connectivity index (χ0) is 19.1. The fraction of sp³-hybridized carbons (Fsp3) is 0.0833. The fourth-order valence-corrected chi connectivity index (χ4v) is 4.15. The molecular weight excluding hydrogens is 345 g/mol. The normalized spacial score (nSPS) is 19.1. The van der Waals surface area contributed by atoms with Gasteiger partial charge in [0.15, 0.2) is 0 Å². The van der Waals surface area contributed by atoms with Crippen molar-refractivity contribution in [1.29, 1.82) is 0 Å². The number of nitrogens with two attached hydrogens (primary N) is 1. The predicted molar refractivity (Wildman–Crippen MR) is 115 cm³/mol. The molecule has 2 unspecified atom stereocenters. The Hall–Kier alpha value is -3.08. The molecule has 2 aliphatic rings. The van der Waals surface area contributed by atoms with E-state index in [0.29, 0.717) is 5.46 Å². The first-order chi connectivity index (χ1) is 13.7. The van der Waals surface area contributed by atoms with Gasteiger partial charge in [-0.25, -0.2) is 0 Å². The van der Waals surface area contributed by atoms with Crippen LogP contribution in [0.15, 0.2) is 91.0 Å². The lowest BCUT2D eigenvalue weighted by Crippen LogP contribution is -2.39. The molecule has 1 aliphatic heterocycles. The molecule has 3 aromatic carbocycles. The Kier molecular flexibility index (Phi) is 4.16. The minimum Gasteiger partial charge on any atom is -0.485 e. The minimum atomic E-state index is -1.02. The molecular formula is C24H20BNO2. The maximum Gasteiger partial charge on any atom is 0.410 e. The van der Waals surface area contributed by atoms with Crippen LogP contribution in [0.25, 0.3) is 22.3 Å². The van der Waals surface area contributed by atoms with Crippen molar-refractivity contribution in [2.75, 3.05) is 0 Å². The van der Waals surface area contributed by atoms with Gasteiger partial charge in [-0.3, -0.25) is 0 Å². The molecule has 0 amide bonds. The largest absolute Gasteiger partial charge is 0.485 e. The molecule has 5 rings (SSSR count). The maximum atomic E-state index is 9.95. The number of allylic oxidation sites excluding steroid dienone is 2. The third-order valence-electron chi connectivity index (χ3n) is 5.52. The Labute approximate surface area is 164 Å². The molecule has 0 radical (unpaired) electrons. The predicted octanol–water partition coefficient (Wildman–Crippen LogP) is 3.64. The Bertz CT molecular complexity index is 1100. The van der Waals surface area contributed by atoms with Crippen molar-refractivity contribution in [2.24, 2.45) is 5.64 Å². The van der Waals surface area contributed by atoms with Crippen LogP contribution in [-0.4, -0.2) is 18.2 Å². The van der Waals surface area contributed by atoms with Crippen LogP contribution < -0.4 is 15.8 Å². The number of fused-ring (bicyclic) bond motifs is 7. The summed E-state index contributed by atoms with van der Waals surface area (Å²) in [7, 11) is -1.02. The number of ether oxygens (including phenoxy) is 1. The van der Waals surface area contributed by atoms with Crippen LogP contribution in [-0.2, 0) is 0 Å². The number of para-hydroxylation sites is 1. The average molecular weight is 365 g/mol. The summed E-state index contributed by atoms with van der Waals surface area (Å²) in [5.74, 6) is 0.954. The molecule has 136 valence electrons. The van der Waals surface area contributed by atoms with Crippen molar-refractivity contribution in [3.05, 3.63) is 96.6 Å².